The SMILES string of the molecule is CCCCCC[S+]([O-])[S+]([O-])CCCCCCCCCC[S+]([O-])[S+]([O-])CCCCCC. The number of unbranched alkanes of at least 4 members (excludes halogenated alkanes) is 13. The van der Waals surface area contributed by atoms with Gasteiger partial charge >= 0.3 is 0 Å². The molecule has 30 heavy (non-hydrogen) atoms. The van der Waals surface area contributed by atoms with Gasteiger partial charge in [0, 0.05) is 0 Å². The summed E-state index contributed by atoms with van der Waals surface area (Å²) in [5.74, 6) is 2.32. The lowest BCUT2D eigenvalue weighted by Gasteiger charge is -2.12. The molecule has 0 spiro atoms. The summed E-state index contributed by atoms with van der Waals surface area (Å²) in [4.78, 5) is 0. The molecule has 0 rings (SSSR count). The Morgan fingerprint density at radius 2 is 0.533 bits per heavy atom. The Morgan fingerprint density at radius 3 is 0.767 bits per heavy atom. The second kappa shape index (κ2) is 23.4. The Bertz CT molecular complexity index is 321. The monoisotopic (exact) mass is 502 g/mol. The van der Waals surface area contributed by atoms with E-state index in [1.54, 1.807) is 0 Å². The average Bonchev–Trinajstić information content (AvgIpc) is 2.74. The molecule has 0 N–H and O–H groups in total. The molecule has 0 aliphatic carbocycles. The lowest BCUT2D eigenvalue weighted by molar-refractivity contribution is 0.564. The Balaban J connectivity index is 3.43. The molecular formula is C22H46O4S4. The highest BCUT2D eigenvalue weighted by atomic mass is 33.2. The van der Waals surface area contributed by atoms with Crippen molar-refractivity contribution in [3.8, 4) is 0 Å². The van der Waals surface area contributed by atoms with E-state index in [1.807, 2.05) is 0 Å². The summed E-state index contributed by atoms with van der Waals surface area (Å²) >= 11 is 0. The highest BCUT2D eigenvalue weighted by Gasteiger charge is 2.24. The van der Waals surface area contributed by atoms with Crippen molar-refractivity contribution in [2.75, 3.05) is 23.0 Å². The number of rotatable bonds is 23. The highest BCUT2D eigenvalue weighted by Crippen LogP contribution is 2.15. The minimum absolute atomic E-state index is 0.571. The molecule has 4 atom stereocenters. The minimum atomic E-state index is -1.18. The average molecular weight is 503 g/mol. The summed E-state index contributed by atoms with van der Waals surface area (Å²) in [6.07, 6.45) is 17.2. The normalized spacial score (nSPS) is 15.8. The van der Waals surface area contributed by atoms with Crippen molar-refractivity contribution < 1.29 is 18.2 Å². The van der Waals surface area contributed by atoms with Crippen molar-refractivity contribution in [1.29, 1.82) is 0 Å². The lowest BCUT2D eigenvalue weighted by Crippen LogP contribution is -2.22. The van der Waals surface area contributed by atoms with Crippen LogP contribution in [0.2, 0.25) is 0 Å². The van der Waals surface area contributed by atoms with Crippen LogP contribution < -0.4 is 0 Å². The molecule has 0 heterocycles. The first-order valence-corrected chi connectivity index (χ1v) is 18.4. The summed E-state index contributed by atoms with van der Waals surface area (Å²) in [6.45, 7) is 4.30. The van der Waals surface area contributed by atoms with E-state index in [2.05, 4.69) is 13.8 Å². The second-order valence-corrected chi connectivity index (χ2v) is 16.5. The smallest absolute Gasteiger partial charge is 0.170 e. The van der Waals surface area contributed by atoms with Gasteiger partial charge in [0.2, 0.25) is 0 Å². The van der Waals surface area contributed by atoms with E-state index in [0.29, 0.717) is 23.0 Å². The van der Waals surface area contributed by atoms with Crippen LogP contribution in [0.5, 0.6) is 0 Å². The van der Waals surface area contributed by atoms with Gasteiger partial charge in [0.15, 0.2) is 63.8 Å². The van der Waals surface area contributed by atoms with E-state index in [4.69, 9.17) is 0 Å². The van der Waals surface area contributed by atoms with Gasteiger partial charge in [0.1, 0.15) is 0 Å². The minimum Gasteiger partial charge on any atom is -0.571 e. The van der Waals surface area contributed by atoms with Crippen LogP contribution in [-0.2, 0) is 40.8 Å². The van der Waals surface area contributed by atoms with Crippen molar-refractivity contribution >= 4 is 40.8 Å². The van der Waals surface area contributed by atoms with Crippen LogP contribution in [0.4, 0.5) is 0 Å². The van der Waals surface area contributed by atoms with Crippen LogP contribution in [0.1, 0.15) is 117 Å². The maximum atomic E-state index is 12.0. The Kier molecular flexibility index (Phi) is 24.4. The van der Waals surface area contributed by atoms with Crippen LogP contribution in [0, 0.1) is 0 Å². The maximum absolute atomic E-state index is 12.0. The van der Waals surface area contributed by atoms with Crippen molar-refractivity contribution in [3.05, 3.63) is 0 Å². The molecule has 0 aromatic rings. The summed E-state index contributed by atoms with van der Waals surface area (Å²) in [7, 11) is -4.68. The Hall–Kier alpha value is 1.24. The zero-order chi connectivity index (χ0) is 22.5. The van der Waals surface area contributed by atoms with Crippen LogP contribution in [0.25, 0.3) is 0 Å². The maximum Gasteiger partial charge on any atom is 0.170 e. The molecule has 182 valence electrons. The van der Waals surface area contributed by atoms with Crippen LogP contribution in [0.3, 0.4) is 0 Å². The zero-order valence-corrected chi connectivity index (χ0v) is 22.7. The quantitative estimate of drug-likeness (QED) is 0.0959. The Morgan fingerprint density at radius 1 is 0.333 bits per heavy atom. The van der Waals surface area contributed by atoms with E-state index < -0.39 is 40.8 Å². The van der Waals surface area contributed by atoms with Gasteiger partial charge in [0.25, 0.3) is 0 Å². The third kappa shape index (κ3) is 19.9. The lowest BCUT2D eigenvalue weighted by atomic mass is 10.1. The fourth-order valence-corrected chi connectivity index (χ4v) is 9.31. The molecule has 0 aromatic heterocycles. The molecule has 4 nitrogen and oxygen atoms in total. The number of hydrogen-bond acceptors (Lipinski definition) is 4. The number of hydrogen-bond donors (Lipinski definition) is 0. The fraction of sp³-hybridized carbons (Fsp3) is 1.00. The first kappa shape index (κ1) is 31.2. The topological polar surface area (TPSA) is 92.2 Å². The molecule has 0 radical (unpaired) electrons. The molecule has 0 saturated heterocycles. The second-order valence-electron chi connectivity index (χ2n) is 7.98. The van der Waals surface area contributed by atoms with Gasteiger partial charge in [0.05, 0.1) is 0 Å². The molecule has 8 heteroatoms. The van der Waals surface area contributed by atoms with E-state index in [-0.39, 0.29) is 0 Å². The van der Waals surface area contributed by atoms with Crippen LogP contribution >= 0.6 is 0 Å². The molecule has 4 unspecified atom stereocenters. The summed E-state index contributed by atoms with van der Waals surface area (Å²) < 4.78 is 47.8. The highest BCUT2D eigenvalue weighted by molar-refractivity contribution is 8.67. The summed E-state index contributed by atoms with van der Waals surface area (Å²) in [5.41, 5.74) is 0. The van der Waals surface area contributed by atoms with Crippen molar-refractivity contribution in [2.45, 2.75) is 117 Å². The van der Waals surface area contributed by atoms with Gasteiger partial charge in [-0.05, 0) is 51.4 Å². The van der Waals surface area contributed by atoms with Crippen LogP contribution in [0.15, 0.2) is 0 Å². The van der Waals surface area contributed by atoms with Crippen molar-refractivity contribution in [2.24, 2.45) is 0 Å². The first-order chi connectivity index (χ1) is 14.5. The summed E-state index contributed by atoms with van der Waals surface area (Å²) in [6, 6.07) is 0. The van der Waals surface area contributed by atoms with Crippen molar-refractivity contribution in [3.63, 3.8) is 0 Å². The van der Waals surface area contributed by atoms with Gasteiger partial charge in [-0.1, -0.05) is 65.2 Å². The standard InChI is InChI=1S/C22H46O4S4/c1-3-5-7-15-19-27(23)29(25)21-17-13-11-9-10-12-14-18-22-30(26)28(24)20-16-8-6-4-2/h3-22H2,1-2H3. The van der Waals surface area contributed by atoms with E-state index in [9.17, 15) is 18.2 Å². The molecule has 0 aliphatic heterocycles. The Labute approximate surface area is 198 Å². The third-order valence-corrected chi connectivity index (χ3v) is 12.9. The van der Waals surface area contributed by atoms with Gasteiger partial charge < -0.3 is 18.2 Å². The molecule has 0 saturated carbocycles. The molecule has 0 aliphatic rings. The molecule has 0 aromatic carbocycles. The van der Waals surface area contributed by atoms with Gasteiger partial charge in [-0.2, -0.15) is 0 Å². The van der Waals surface area contributed by atoms with Gasteiger partial charge in [-0.25, -0.2) is 0 Å². The molecule has 0 fully saturated rings. The van der Waals surface area contributed by atoms with Gasteiger partial charge in [-0.3, -0.25) is 0 Å². The van der Waals surface area contributed by atoms with E-state index in [1.165, 1.54) is 25.7 Å². The fourth-order valence-electron chi connectivity index (χ4n) is 3.17. The molecule has 0 bridgehead atoms. The summed E-state index contributed by atoms with van der Waals surface area (Å²) in [5, 5.41) is 0. The predicted octanol–water partition coefficient (Wildman–Crippen LogP) is 6.09. The van der Waals surface area contributed by atoms with Gasteiger partial charge in [-0.15, -0.1) is 0 Å². The predicted molar refractivity (Wildman–Crippen MR) is 137 cm³/mol. The van der Waals surface area contributed by atoms with Crippen LogP contribution in [-0.4, -0.2) is 41.2 Å². The molecular weight excluding hydrogens is 457 g/mol. The first-order valence-electron chi connectivity index (χ1n) is 12.1. The van der Waals surface area contributed by atoms with E-state index in [0.717, 1.165) is 77.0 Å². The van der Waals surface area contributed by atoms with E-state index >= 15 is 0 Å². The zero-order valence-electron chi connectivity index (χ0n) is 19.4. The molecule has 0 amide bonds. The largest absolute Gasteiger partial charge is 0.571 e. The van der Waals surface area contributed by atoms with Crippen molar-refractivity contribution in [1.82, 2.24) is 0 Å². The third-order valence-electron chi connectivity index (χ3n) is 5.12.